The maximum atomic E-state index is 12.3. The van der Waals surface area contributed by atoms with Crippen molar-refractivity contribution in [3.8, 4) is 0 Å². The van der Waals surface area contributed by atoms with E-state index in [1.54, 1.807) is 11.3 Å². The normalized spacial score (nSPS) is 15.9. The van der Waals surface area contributed by atoms with E-state index in [1.165, 1.54) is 10.4 Å². The van der Waals surface area contributed by atoms with Gasteiger partial charge in [-0.3, -0.25) is 9.88 Å². The molecule has 0 radical (unpaired) electrons. The van der Waals surface area contributed by atoms with E-state index in [2.05, 4.69) is 38.8 Å². The van der Waals surface area contributed by atoms with Crippen molar-refractivity contribution in [3.05, 3.63) is 52.5 Å². The average Bonchev–Trinajstić information content (AvgIpc) is 3.01. The van der Waals surface area contributed by atoms with E-state index in [0.717, 1.165) is 45.6 Å². The minimum absolute atomic E-state index is 0.0670. The predicted molar refractivity (Wildman–Crippen MR) is 97.1 cm³/mol. The van der Waals surface area contributed by atoms with Crippen molar-refractivity contribution < 1.29 is 4.79 Å². The van der Waals surface area contributed by atoms with Gasteiger partial charge >= 0.3 is 6.03 Å². The van der Waals surface area contributed by atoms with Gasteiger partial charge in [0.05, 0.1) is 0 Å². The highest BCUT2D eigenvalue weighted by molar-refractivity contribution is 7.09. The summed E-state index contributed by atoms with van der Waals surface area (Å²) < 4.78 is 0. The minimum Gasteiger partial charge on any atom is -0.338 e. The summed E-state index contributed by atoms with van der Waals surface area (Å²) in [7, 11) is 0. The predicted octanol–water partition coefficient (Wildman–Crippen LogP) is 2.60. The molecule has 3 rings (SSSR count). The molecule has 128 valence electrons. The average molecular weight is 344 g/mol. The largest absolute Gasteiger partial charge is 0.338 e. The topological polar surface area (TPSA) is 48.5 Å². The van der Waals surface area contributed by atoms with Crippen LogP contribution in [-0.4, -0.2) is 53.5 Å². The third kappa shape index (κ3) is 5.04. The SMILES string of the molecule is O=C(NCCc1cccs1)N1CCCN(Cc2ccncc2)CC1. The van der Waals surface area contributed by atoms with Crippen LogP contribution >= 0.6 is 11.3 Å². The maximum Gasteiger partial charge on any atom is 0.317 e. The Hall–Kier alpha value is -1.92. The monoisotopic (exact) mass is 344 g/mol. The molecule has 0 atom stereocenters. The molecule has 2 amide bonds. The van der Waals surface area contributed by atoms with E-state index >= 15 is 0 Å². The van der Waals surface area contributed by atoms with Gasteiger partial charge in [0, 0.05) is 56.5 Å². The smallest absolute Gasteiger partial charge is 0.317 e. The van der Waals surface area contributed by atoms with Gasteiger partial charge in [-0.15, -0.1) is 11.3 Å². The van der Waals surface area contributed by atoms with Crippen LogP contribution < -0.4 is 5.32 Å². The lowest BCUT2D eigenvalue weighted by molar-refractivity contribution is 0.198. The summed E-state index contributed by atoms with van der Waals surface area (Å²) in [6, 6.07) is 8.34. The zero-order valence-electron chi connectivity index (χ0n) is 13.9. The molecule has 6 heteroatoms. The fourth-order valence-electron chi connectivity index (χ4n) is 2.94. The molecule has 5 nitrogen and oxygen atoms in total. The summed E-state index contributed by atoms with van der Waals surface area (Å²) in [6.07, 6.45) is 5.59. The van der Waals surface area contributed by atoms with E-state index in [-0.39, 0.29) is 6.03 Å². The van der Waals surface area contributed by atoms with E-state index in [1.807, 2.05) is 23.4 Å². The van der Waals surface area contributed by atoms with Gasteiger partial charge in [0.2, 0.25) is 0 Å². The molecule has 1 aliphatic heterocycles. The molecule has 0 bridgehead atoms. The number of urea groups is 1. The second-order valence-electron chi connectivity index (χ2n) is 6.03. The first-order valence-electron chi connectivity index (χ1n) is 8.48. The Morgan fingerprint density at radius 1 is 1.17 bits per heavy atom. The molecule has 0 spiro atoms. The highest BCUT2D eigenvalue weighted by atomic mass is 32.1. The Bertz CT molecular complexity index is 617. The number of amides is 2. The minimum atomic E-state index is 0.0670. The van der Waals surface area contributed by atoms with Crippen molar-refractivity contribution in [2.24, 2.45) is 0 Å². The van der Waals surface area contributed by atoms with Crippen LogP contribution in [0.3, 0.4) is 0 Å². The summed E-state index contributed by atoms with van der Waals surface area (Å²) in [4.78, 5) is 22.1. The van der Waals surface area contributed by atoms with Crippen LogP contribution in [0.1, 0.15) is 16.9 Å². The number of aromatic nitrogens is 1. The van der Waals surface area contributed by atoms with Crippen LogP contribution in [0.15, 0.2) is 42.0 Å². The van der Waals surface area contributed by atoms with Gasteiger partial charge in [-0.2, -0.15) is 0 Å². The lowest BCUT2D eigenvalue weighted by Crippen LogP contribution is -2.42. The number of carbonyl (C=O) groups is 1. The molecule has 1 fully saturated rings. The van der Waals surface area contributed by atoms with E-state index in [0.29, 0.717) is 6.54 Å². The number of nitrogens with one attached hydrogen (secondary N) is 1. The van der Waals surface area contributed by atoms with Crippen LogP contribution in [0, 0.1) is 0 Å². The van der Waals surface area contributed by atoms with Gasteiger partial charge in [-0.05, 0) is 42.0 Å². The van der Waals surface area contributed by atoms with Gasteiger partial charge in [0.25, 0.3) is 0 Å². The number of hydrogen-bond donors (Lipinski definition) is 1. The van der Waals surface area contributed by atoms with E-state index in [4.69, 9.17) is 0 Å². The summed E-state index contributed by atoms with van der Waals surface area (Å²) in [5.41, 5.74) is 1.28. The molecule has 0 aliphatic carbocycles. The molecular weight excluding hydrogens is 320 g/mol. The second kappa shape index (κ2) is 8.80. The first-order valence-corrected chi connectivity index (χ1v) is 9.35. The van der Waals surface area contributed by atoms with Gasteiger partial charge in [-0.25, -0.2) is 4.79 Å². The lowest BCUT2D eigenvalue weighted by atomic mass is 10.2. The molecule has 2 aromatic heterocycles. The van der Waals surface area contributed by atoms with Crippen molar-refractivity contribution in [1.82, 2.24) is 20.1 Å². The highest BCUT2D eigenvalue weighted by Crippen LogP contribution is 2.10. The number of rotatable bonds is 5. The molecule has 1 N–H and O–H groups in total. The number of carbonyl (C=O) groups excluding carboxylic acids is 1. The Kier molecular flexibility index (Phi) is 6.20. The first kappa shape index (κ1) is 16.9. The highest BCUT2D eigenvalue weighted by Gasteiger charge is 2.18. The van der Waals surface area contributed by atoms with Crippen molar-refractivity contribution >= 4 is 17.4 Å². The molecule has 0 aromatic carbocycles. The number of pyridine rings is 1. The van der Waals surface area contributed by atoms with Gasteiger partial charge in [0.15, 0.2) is 0 Å². The number of nitrogens with zero attached hydrogens (tertiary/aromatic N) is 3. The molecule has 24 heavy (non-hydrogen) atoms. The van der Waals surface area contributed by atoms with E-state index < -0.39 is 0 Å². The van der Waals surface area contributed by atoms with Crippen molar-refractivity contribution in [3.63, 3.8) is 0 Å². The Balaban J connectivity index is 1.42. The Labute approximate surface area is 147 Å². The molecule has 0 unspecified atom stereocenters. The van der Waals surface area contributed by atoms with E-state index in [9.17, 15) is 4.79 Å². The van der Waals surface area contributed by atoms with Gasteiger partial charge in [-0.1, -0.05) is 6.07 Å². The molecule has 2 aromatic rings. The zero-order chi connectivity index (χ0) is 16.6. The third-order valence-electron chi connectivity index (χ3n) is 4.26. The summed E-state index contributed by atoms with van der Waals surface area (Å²) >= 11 is 1.74. The van der Waals surface area contributed by atoms with Crippen LogP contribution in [0.25, 0.3) is 0 Å². The summed E-state index contributed by atoms with van der Waals surface area (Å²) in [5, 5.41) is 5.12. The zero-order valence-corrected chi connectivity index (χ0v) is 14.7. The summed E-state index contributed by atoms with van der Waals surface area (Å²) in [5.74, 6) is 0. The Morgan fingerprint density at radius 2 is 2.04 bits per heavy atom. The summed E-state index contributed by atoms with van der Waals surface area (Å²) in [6.45, 7) is 5.20. The third-order valence-corrected chi connectivity index (χ3v) is 5.20. The second-order valence-corrected chi connectivity index (χ2v) is 7.07. The van der Waals surface area contributed by atoms with Crippen molar-refractivity contribution in [2.45, 2.75) is 19.4 Å². The van der Waals surface area contributed by atoms with Crippen LogP contribution in [-0.2, 0) is 13.0 Å². The molecule has 3 heterocycles. The van der Waals surface area contributed by atoms with Crippen LogP contribution in [0.5, 0.6) is 0 Å². The van der Waals surface area contributed by atoms with Crippen molar-refractivity contribution in [2.75, 3.05) is 32.7 Å². The fourth-order valence-corrected chi connectivity index (χ4v) is 3.65. The molecule has 1 saturated heterocycles. The maximum absolute atomic E-state index is 12.3. The molecule has 1 aliphatic rings. The lowest BCUT2D eigenvalue weighted by Gasteiger charge is -2.22. The van der Waals surface area contributed by atoms with Crippen molar-refractivity contribution in [1.29, 1.82) is 0 Å². The Morgan fingerprint density at radius 3 is 2.83 bits per heavy atom. The fraction of sp³-hybridized carbons (Fsp3) is 0.444. The van der Waals surface area contributed by atoms with Gasteiger partial charge in [0.1, 0.15) is 0 Å². The quantitative estimate of drug-likeness (QED) is 0.907. The number of thiophene rings is 1. The first-order chi connectivity index (χ1) is 11.8. The molecule has 0 saturated carbocycles. The van der Waals surface area contributed by atoms with Gasteiger partial charge < -0.3 is 10.2 Å². The van der Waals surface area contributed by atoms with Crippen LogP contribution in [0.2, 0.25) is 0 Å². The van der Waals surface area contributed by atoms with Crippen LogP contribution in [0.4, 0.5) is 4.79 Å². The number of hydrogen-bond acceptors (Lipinski definition) is 4. The molecular formula is C18H24N4OS. The standard InChI is InChI=1S/C18H24N4OS/c23-18(20-9-6-17-3-1-14-24-17)22-11-2-10-21(12-13-22)15-16-4-7-19-8-5-16/h1,3-5,7-8,14H,2,6,9-13,15H2,(H,20,23).